The molecule has 5 rings (SSSR count). The van der Waals surface area contributed by atoms with Gasteiger partial charge in [0.15, 0.2) is 0 Å². The Kier molecular flexibility index (Phi) is 4.94. The lowest BCUT2D eigenvalue weighted by Crippen LogP contribution is -2.47. The van der Waals surface area contributed by atoms with Gasteiger partial charge in [-0.1, -0.05) is 6.07 Å². The number of hydrogen-bond acceptors (Lipinski definition) is 5. The number of nitrogens with one attached hydrogen (secondary N) is 1. The molecule has 1 amide bonds. The van der Waals surface area contributed by atoms with Gasteiger partial charge in [0.1, 0.15) is 11.6 Å². The number of rotatable bonds is 4. The quantitative estimate of drug-likeness (QED) is 0.707. The Bertz CT molecular complexity index is 1150. The van der Waals surface area contributed by atoms with E-state index in [9.17, 15) is 9.59 Å². The number of methoxy groups -OCH3 is 1. The van der Waals surface area contributed by atoms with Gasteiger partial charge in [0.2, 0.25) is 0 Å². The van der Waals surface area contributed by atoms with Crippen molar-refractivity contribution < 1.29 is 9.53 Å². The van der Waals surface area contributed by atoms with Crippen LogP contribution in [-0.2, 0) is 6.54 Å². The fourth-order valence-corrected chi connectivity index (χ4v) is 4.68. The largest absolute Gasteiger partial charge is 0.497 e. The van der Waals surface area contributed by atoms with Crippen molar-refractivity contribution in [1.29, 1.82) is 0 Å². The minimum atomic E-state index is -0.188. The Morgan fingerprint density at radius 2 is 1.90 bits per heavy atom. The van der Waals surface area contributed by atoms with Gasteiger partial charge in [-0.25, -0.2) is 4.98 Å². The monoisotopic (exact) mass is 416 g/mol. The second-order valence-electron chi connectivity index (χ2n) is 8.19. The molecule has 2 aliphatic rings. The van der Waals surface area contributed by atoms with E-state index in [1.165, 1.54) is 0 Å². The van der Waals surface area contributed by atoms with Crippen molar-refractivity contribution in [1.82, 2.24) is 9.55 Å². The molecule has 1 aromatic carbocycles. The highest BCUT2D eigenvalue weighted by atomic mass is 16.5. The van der Waals surface area contributed by atoms with E-state index in [1.54, 1.807) is 43.6 Å². The van der Waals surface area contributed by atoms with Gasteiger partial charge in [0.05, 0.1) is 19.0 Å². The van der Waals surface area contributed by atoms with E-state index in [0.717, 1.165) is 37.6 Å². The third kappa shape index (κ3) is 3.79. The Balaban J connectivity index is 1.28. The van der Waals surface area contributed by atoms with Gasteiger partial charge in [-0.05, 0) is 54.8 Å². The normalized spacial score (nSPS) is 19.5. The van der Waals surface area contributed by atoms with Crippen LogP contribution in [0.15, 0.2) is 65.6 Å². The molecule has 4 heterocycles. The van der Waals surface area contributed by atoms with Crippen LogP contribution in [0.3, 0.4) is 0 Å². The third-order valence-electron chi connectivity index (χ3n) is 6.16. The van der Waals surface area contributed by atoms with Gasteiger partial charge in [-0.3, -0.25) is 9.59 Å². The first-order valence-electron chi connectivity index (χ1n) is 10.5. The number of fused-ring (bicyclic) bond motifs is 4. The first-order valence-corrected chi connectivity index (χ1v) is 10.5. The highest BCUT2D eigenvalue weighted by molar-refractivity contribution is 6.04. The van der Waals surface area contributed by atoms with Crippen molar-refractivity contribution in [3.8, 4) is 5.75 Å². The highest BCUT2D eigenvalue weighted by Crippen LogP contribution is 2.36. The Morgan fingerprint density at radius 3 is 2.65 bits per heavy atom. The van der Waals surface area contributed by atoms with Crippen molar-refractivity contribution in [3.63, 3.8) is 0 Å². The van der Waals surface area contributed by atoms with Gasteiger partial charge < -0.3 is 19.5 Å². The fraction of sp³-hybridized carbons (Fsp3) is 0.292. The Hall–Kier alpha value is -3.61. The second-order valence-corrected chi connectivity index (χ2v) is 8.19. The molecular formula is C24H24N4O3. The molecule has 0 aliphatic carbocycles. The minimum Gasteiger partial charge on any atom is -0.497 e. The van der Waals surface area contributed by atoms with E-state index in [2.05, 4.69) is 21.3 Å². The molecule has 0 spiro atoms. The summed E-state index contributed by atoms with van der Waals surface area (Å²) < 4.78 is 7.06. The van der Waals surface area contributed by atoms with Gasteiger partial charge in [-0.2, -0.15) is 0 Å². The summed E-state index contributed by atoms with van der Waals surface area (Å²) in [5, 5.41) is 2.89. The zero-order valence-corrected chi connectivity index (χ0v) is 17.3. The average molecular weight is 416 g/mol. The summed E-state index contributed by atoms with van der Waals surface area (Å²) in [5.41, 5.74) is 2.42. The summed E-state index contributed by atoms with van der Waals surface area (Å²) >= 11 is 0. The summed E-state index contributed by atoms with van der Waals surface area (Å²) in [6.07, 6.45) is 2.80. The maximum Gasteiger partial charge on any atom is 0.255 e. The van der Waals surface area contributed by atoms with Gasteiger partial charge in [-0.15, -0.1) is 0 Å². The lowest BCUT2D eigenvalue weighted by atomic mass is 9.83. The number of nitrogens with zero attached hydrogens (tertiary/aromatic N) is 3. The zero-order valence-electron chi connectivity index (χ0n) is 17.3. The number of benzene rings is 1. The topological polar surface area (TPSA) is 76.5 Å². The van der Waals surface area contributed by atoms with Crippen molar-refractivity contribution in [3.05, 3.63) is 82.4 Å². The van der Waals surface area contributed by atoms with Gasteiger partial charge in [0, 0.05) is 42.9 Å². The lowest BCUT2D eigenvalue weighted by molar-refractivity contribution is 0.102. The molecule has 1 N–H and O–H groups in total. The van der Waals surface area contributed by atoms with Crippen LogP contribution in [0, 0.1) is 5.92 Å². The number of anilines is 2. The summed E-state index contributed by atoms with van der Waals surface area (Å²) in [6.45, 7) is 2.48. The van der Waals surface area contributed by atoms with E-state index in [-0.39, 0.29) is 11.5 Å². The van der Waals surface area contributed by atoms with E-state index in [1.807, 2.05) is 22.8 Å². The fourth-order valence-electron chi connectivity index (χ4n) is 4.68. The molecule has 0 saturated carbocycles. The third-order valence-corrected chi connectivity index (χ3v) is 6.16. The zero-order chi connectivity index (χ0) is 21.4. The van der Waals surface area contributed by atoms with Crippen molar-refractivity contribution in [2.75, 3.05) is 30.4 Å². The van der Waals surface area contributed by atoms with Gasteiger partial charge >= 0.3 is 0 Å². The van der Waals surface area contributed by atoms with E-state index >= 15 is 0 Å². The van der Waals surface area contributed by atoms with Gasteiger partial charge in [0.25, 0.3) is 11.5 Å². The first-order chi connectivity index (χ1) is 15.1. The Morgan fingerprint density at radius 1 is 1.06 bits per heavy atom. The van der Waals surface area contributed by atoms with Crippen LogP contribution in [0.1, 0.15) is 28.4 Å². The molecule has 0 radical (unpaired) electrons. The van der Waals surface area contributed by atoms with Crippen molar-refractivity contribution >= 4 is 17.4 Å². The molecule has 0 unspecified atom stereocenters. The first kappa shape index (κ1) is 19.4. The number of aromatic nitrogens is 2. The number of piperidine rings is 1. The Labute approximate surface area is 180 Å². The maximum atomic E-state index is 12.5. The molecule has 158 valence electrons. The maximum absolute atomic E-state index is 12.5. The standard InChI is InChI=1S/C24H24N4O3/c1-31-20-8-5-17(6-9-20)24(30)26-19-7-10-22(25-12-19)27-13-16-11-18(15-27)21-3-2-4-23(29)28(21)14-16/h2-10,12,16,18H,11,13-15H2,1H3,(H,26,30)/t16-,18-/m0/s1. The molecule has 1 fully saturated rings. The second kappa shape index (κ2) is 7.91. The molecule has 2 aliphatic heterocycles. The molecule has 3 aromatic rings. The van der Waals surface area contributed by atoms with Crippen LogP contribution in [0.5, 0.6) is 5.75 Å². The number of ether oxygens (including phenoxy) is 1. The number of carbonyl (C=O) groups excluding carboxylic acids is 1. The molecule has 2 atom stereocenters. The predicted molar refractivity (Wildman–Crippen MR) is 119 cm³/mol. The molecule has 2 aromatic heterocycles. The van der Waals surface area contributed by atoms with Crippen LogP contribution < -0.4 is 20.5 Å². The van der Waals surface area contributed by atoms with E-state index < -0.39 is 0 Å². The van der Waals surface area contributed by atoms with Crippen molar-refractivity contribution in [2.24, 2.45) is 5.92 Å². The SMILES string of the molecule is COc1ccc(C(=O)Nc2ccc(N3C[C@@H]4C[C@@H](C3)c3cccc(=O)n3C4)nc2)cc1. The van der Waals surface area contributed by atoms with Crippen LogP contribution in [0.25, 0.3) is 0 Å². The predicted octanol–water partition coefficient (Wildman–Crippen LogP) is 3.13. The van der Waals surface area contributed by atoms with Crippen LogP contribution in [-0.4, -0.2) is 35.7 Å². The summed E-state index contributed by atoms with van der Waals surface area (Å²) in [7, 11) is 1.59. The number of amides is 1. The molecule has 2 bridgehead atoms. The average Bonchev–Trinajstić information content (AvgIpc) is 2.80. The van der Waals surface area contributed by atoms with Crippen LogP contribution in [0.2, 0.25) is 0 Å². The number of carbonyl (C=O) groups is 1. The number of hydrogen-bond donors (Lipinski definition) is 1. The summed E-state index contributed by atoms with van der Waals surface area (Å²) in [6, 6.07) is 16.4. The lowest BCUT2D eigenvalue weighted by Gasteiger charge is -2.43. The summed E-state index contributed by atoms with van der Waals surface area (Å²) in [4.78, 5) is 31.5. The number of pyridine rings is 2. The smallest absolute Gasteiger partial charge is 0.255 e. The molecule has 7 nitrogen and oxygen atoms in total. The van der Waals surface area contributed by atoms with E-state index in [0.29, 0.717) is 28.8 Å². The molecule has 31 heavy (non-hydrogen) atoms. The highest BCUT2D eigenvalue weighted by Gasteiger charge is 2.34. The molecule has 1 saturated heterocycles. The van der Waals surface area contributed by atoms with E-state index in [4.69, 9.17) is 4.74 Å². The molecule has 7 heteroatoms. The summed E-state index contributed by atoms with van der Waals surface area (Å²) in [5.74, 6) is 2.18. The molecular weight excluding hydrogens is 392 g/mol. The van der Waals surface area contributed by atoms with Crippen LogP contribution >= 0.6 is 0 Å². The van der Waals surface area contributed by atoms with Crippen molar-refractivity contribution in [2.45, 2.75) is 18.9 Å². The van der Waals surface area contributed by atoms with Crippen LogP contribution in [0.4, 0.5) is 11.5 Å². The minimum absolute atomic E-state index is 0.0933.